The van der Waals surface area contributed by atoms with E-state index in [1.165, 1.54) is 0 Å². The molecule has 3 fully saturated rings. The lowest BCUT2D eigenvalue weighted by Crippen LogP contribution is -2.60. The summed E-state index contributed by atoms with van der Waals surface area (Å²) in [6.07, 6.45) is 5.37. The highest BCUT2D eigenvalue weighted by atomic mass is 16.5. The van der Waals surface area contributed by atoms with E-state index in [0.29, 0.717) is 13.0 Å². The number of fused-ring (bicyclic) bond motifs is 1. The van der Waals surface area contributed by atoms with E-state index in [4.69, 9.17) is 9.84 Å². The van der Waals surface area contributed by atoms with E-state index < -0.39 is 0 Å². The first kappa shape index (κ1) is 11.9. The second-order valence-electron chi connectivity index (χ2n) is 5.27. The van der Waals surface area contributed by atoms with Crippen LogP contribution in [-0.2, 0) is 9.53 Å². The minimum absolute atomic E-state index is 0.0699. The molecule has 0 aromatic carbocycles. The van der Waals surface area contributed by atoms with Gasteiger partial charge in [-0.1, -0.05) is 19.8 Å². The largest absolute Gasteiger partial charge is 0.393 e. The molecular weight excluding hydrogens is 206 g/mol. The van der Waals surface area contributed by atoms with Crippen LogP contribution in [0.3, 0.4) is 0 Å². The first-order valence-electron chi connectivity index (χ1n) is 6.20. The maximum Gasteiger partial charge on any atom is 0.220 e. The van der Waals surface area contributed by atoms with E-state index in [0.717, 1.165) is 32.1 Å². The van der Waals surface area contributed by atoms with E-state index in [9.17, 15) is 4.79 Å². The van der Waals surface area contributed by atoms with Crippen molar-refractivity contribution < 1.29 is 14.6 Å². The van der Waals surface area contributed by atoms with Gasteiger partial charge in [0, 0.05) is 19.3 Å². The molecule has 0 radical (unpaired) electrons. The number of unbranched alkanes of at least 4 members (excludes halogenated alkanes) is 2. The van der Waals surface area contributed by atoms with Gasteiger partial charge in [0.25, 0.3) is 0 Å². The lowest BCUT2D eigenvalue weighted by Gasteiger charge is -2.43. The van der Waals surface area contributed by atoms with Gasteiger partial charge < -0.3 is 15.2 Å². The van der Waals surface area contributed by atoms with Crippen molar-refractivity contribution in [1.29, 1.82) is 0 Å². The molecule has 1 aliphatic carbocycles. The van der Waals surface area contributed by atoms with E-state index in [1.807, 2.05) is 0 Å². The van der Waals surface area contributed by atoms with Crippen LogP contribution >= 0.6 is 0 Å². The van der Waals surface area contributed by atoms with Crippen LogP contribution in [0.25, 0.3) is 0 Å². The SMILES string of the molecule is CCCCCC(=O)NC12COC(CO)(C1)C2. The van der Waals surface area contributed by atoms with Crippen LogP contribution in [0, 0.1) is 0 Å². The molecular formula is C12H21NO3. The van der Waals surface area contributed by atoms with Gasteiger partial charge in [-0.25, -0.2) is 0 Å². The van der Waals surface area contributed by atoms with E-state index in [1.54, 1.807) is 0 Å². The number of aliphatic hydroxyl groups excluding tert-OH is 1. The minimum atomic E-state index is -0.337. The number of carbonyl (C=O) groups is 1. The van der Waals surface area contributed by atoms with Crippen molar-refractivity contribution in [2.24, 2.45) is 0 Å². The standard InChI is InChI=1S/C12H21NO3/c1-2-3-4-5-10(15)13-11-6-12(7-11,8-14)16-9-11/h14H,2-9H2,1H3,(H,13,15). The summed E-state index contributed by atoms with van der Waals surface area (Å²) < 4.78 is 5.53. The fraction of sp³-hybridized carbons (Fsp3) is 0.917. The van der Waals surface area contributed by atoms with E-state index in [2.05, 4.69) is 12.2 Å². The fourth-order valence-electron chi connectivity index (χ4n) is 2.85. The van der Waals surface area contributed by atoms with Crippen molar-refractivity contribution >= 4 is 5.91 Å². The number of hydrogen-bond donors (Lipinski definition) is 2. The molecule has 2 aliphatic heterocycles. The molecule has 1 saturated carbocycles. The molecule has 4 nitrogen and oxygen atoms in total. The van der Waals surface area contributed by atoms with E-state index >= 15 is 0 Å². The van der Waals surface area contributed by atoms with Crippen molar-refractivity contribution in [3.8, 4) is 0 Å². The smallest absolute Gasteiger partial charge is 0.220 e. The van der Waals surface area contributed by atoms with Crippen molar-refractivity contribution in [1.82, 2.24) is 5.32 Å². The summed E-state index contributed by atoms with van der Waals surface area (Å²) in [5.41, 5.74) is -0.497. The Balaban J connectivity index is 1.73. The van der Waals surface area contributed by atoms with Crippen LogP contribution in [0.4, 0.5) is 0 Å². The second kappa shape index (κ2) is 4.34. The molecule has 0 unspecified atom stereocenters. The van der Waals surface area contributed by atoms with Gasteiger partial charge in [-0.2, -0.15) is 0 Å². The van der Waals surface area contributed by atoms with Crippen molar-refractivity contribution in [3.63, 3.8) is 0 Å². The Morgan fingerprint density at radius 2 is 2.19 bits per heavy atom. The molecule has 0 aromatic rings. The Kier molecular flexibility index (Phi) is 3.22. The molecule has 1 amide bonds. The Labute approximate surface area is 96.4 Å². The van der Waals surface area contributed by atoms with Gasteiger partial charge in [0.15, 0.2) is 0 Å². The molecule has 2 saturated heterocycles. The average Bonchev–Trinajstić information content (AvgIpc) is 2.73. The van der Waals surface area contributed by atoms with Gasteiger partial charge in [-0.3, -0.25) is 4.79 Å². The molecule has 4 heteroatoms. The van der Waals surface area contributed by atoms with Crippen LogP contribution < -0.4 is 5.32 Å². The summed E-state index contributed by atoms with van der Waals surface area (Å²) in [6, 6.07) is 0. The lowest BCUT2D eigenvalue weighted by molar-refractivity contribution is -0.124. The zero-order chi connectivity index (χ0) is 11.6. The van der Waals surface area contributed by atoms with Crippen LogP contribution in [0.2, 0.25) is 0 Å². The average molecular weight is 227 g/mol. The lowest BCUT2D eigenvalue weighted by atomic mass is 9.69. The molecule has 92 valence electrons. The van der Waals surface area contributed by atoms with Crippen LogP contribution in [0.5, 0.6) is 0 Å². The number of nitrogens with one attached hydrogen (secondary N) is 1. The summed E-state index contributed by atoms with van der Waals surface area (Å²) in [5, 5.41) is 12.2. The van der Waals surface area contributed by atoms with Crippen molar-refractivity contribution in [2.75, 3.05) is 13.2 Å². The van der Waals surface area contributed by atoms with Gasteiger partial charge in [-0.05, 0) is 6.42 Å². The minimum Gasteiger partial charge on any atom is -0.393 e. The third kappa shape index (κ3) is 2.09. The molecule has 2 bridgehead atoms. The molecule has 2 N–H and O–H groups in total. The van der Waals surface area contributed by atoms with E-state index in [-0.39, 0.29) is 23.7 Å². The first-order chi connectivity index (χ1) is 7.64. The third-order valence-electron chi connectivity index (χ3n) is 3.68. The number of rotatable bonds is 6. The van der Waals surface area contributed by atoms with Gasteiger partial charge in [-0.15, -0.1) is 0 Å². The quantitative estimate of drug-likeness (QED) is 0.665. The number of hydrogen-bond acceptors (Lipinski definition) is 3. The zero-order valence-electron chi connectivity index (χ0n) is 9.92. The normalized spacial score (nSPS) is 35.9. The number of amides is 1. The highest BCUT2D eigenvalue weighted by molar-refractivity contribution is 5.77. The van der Waals surface area contributed by atoms with Gasteiger partial charge >= 0.3 is 0 Å². The van der Waals surface area contributed by atoms with Crippen LogP contribution in [-0.4, -0.2) is 35.4 Å². The highest BCUT2D eigenvalue weighted by Gasteiger charge is 2.62. The molecule has 0 atom stereocenters. The summed E-state index contributed by atoms with van der Waals surface area (Å²) in [4.78, 5) is 11.7. The van der Waals surface area contributed by atoms with Crippen molar-refractivity contribution in [2.45, 2.75) is 56.6 Å². The molecule has 0 aromatic heterocycles. The van der Waals surface area contributed by atoms with Crippen LogP contribution in [0.15, 0.2) is 0 Å². The number of carbonyl (C=O) groups excluding carboxylic acids is 1. The van der Waals surface area contributed by atoms with Crippen LogP contribution in [0.1, 0.15) is 45.4 Å². The molecule has 3 rings (SSSR count). The molecule has 2 heterocycles. The number of aliphatic hydroxyl groups is 1. The summed E-state index contributed by atoms with van der Waals surface area (Å²) in [5.74, 6) is 0.130. The monoisotopic (exact) mass is 227 g/mol. The van der Waals surface area contributed by atoms with Gasteiger partial charge in [0.1, 0.15) is 0 Å². The topological polar surface area (TPSA) is 58.6 Å². The zero-order valence-corrected chi connectivity index (χ0v) is 9.92. The predicted octanol–water partition coefficient (Wildman–Crippen LogP) is 0.977. The summed E-state index contributed by atoms with van der Waals surface area (Å²) >= 11 is 0. The second-order valence-corrected chi connectivity index (χ2v) is 5.27. The Morgan fingerprint density at radius 1 is 1.44 bits per heavy atom. The maximum atomic E-state index is 11.7. The highest BCUT2D eigenvalue weighted by Crippen LogP contribution is 2.51. The molecule has 0 spiro atoms. The molecule has 3 aliphatic rings. The Hall–Kier alpha value is -0.610. The molecule has 16 heavy (non-hydrogen) atoms. The Bertz CT molecular complexity index is 271. The first-order valence-corrected chi connectivity index (χ1v) is 6.20. The van der Waals surface area contributed by atoms with Gasteiger partial charge in [0.05, 0.1) is 24.4 Å². The summed E-state index contributed by atoms with van der Waals surface area (Å²) in [7, 11) is 0. The van der Waals surface area contributed by atoms with Gasteiger partial charge in [0.2, 0.25) is 5.91 Å². The maximum absolute atomic E-state index is 11.7. The third-order valence-corrected chi connectivity index (χ3v) is 3.68. The number of ether oxygens (including phenoxy) is 1. The summed E-state index contributed by atoms with van der Waals surface area (Å²) in [6.45, 7) is 2.76. The Morgan fingerprint density at radius 3 is 2.75 bits per heavy atom. The van der Waals surface area contributed by atoms with Crippen molar-refractivity contribution in [3.05, 3.63) is 0 Å². The fourth-order valence-corrected chi connectivity index (χ4v) is 2.85. The predicted molar refractivity (Wildman–Crippen MR) is 60.0 cm³/mol.